The summed E-state index contributed by atoms with van der Waals surface area (Å²) in [5, 5.41) is 3.55. The quantitative estimate of drug-likeness (QED) is 0.785. The number of fused-ring (bicyclic) bond motifs is 1. The van der Waals surface area contributed by atoms with Crippen molar-refractivity contribution in [2.45, 2.75) is 38.1 Å². The normalized spacial score (nSPS) is 42.5. The van der Waals surface area contributed by atoms with E-state index in [-0.39, 0.29) is 5.92 Å². The second-order valence-corrected chi connectivity index (χ2v) is 5.60. The van der Waals surface area contributed by atoms with Crippen molar-refractivity contribution in [2.75, 3.05) is 19.8 Å². The maximum Gasteiger partial charge on any atom is 0.139 e. The lowest BCUT2D eigenvalue weighted by atomic mass is 9.88. The van der Waals surface area contributed by atoms with Gasteiger partial charge >= 0.3 is 0 Å². The van der Waals surface area contributed by atoms with Crippen molar-refractivity contribution in [3.8, 4) is 0 Å². The van der Waals surface area contributed by atoms with Crippen LogP contribution in [0.25, 0.3) is 0 Å². The van der Waals surface area contributed by atoms with Crippen molar-refractivity contribution in [2.24, 2.45) is 17.8 Å². The molecule has 0 spiro atoms. The van der Waals surface area contributed by atoms with Crippen molar-refractivity contribution in [3.05, 3.63) is 0 Å². The van der Waals surface area contributed by atoms with Gasteiger partial charge in [0.25, 0.3) is 0 Å². The van der Waals surface area contributed by atoms with E-state index in [9.17, 15) is 4.79 Å². The smallest absolute Gasteiger partial charge is 0.139 e. The summed E-state index contributed by atoms with van der Waals surface area (Å²) in [7, 11) is 0. The van der Waals surface area contributed by atoms with Crippen LogP contribution in [0.4, 0.5) is 0 Å². The Morgan fingerprint density at radius 1 is 1.31 bits per heavy atom. The zero-order valence-electron chi connectivity index (χ0n) is 9.78. The van der Waals surface area contributed by atoms with Crippen molar-refractivity contribution < 1.29 is 9.53 Å². The van der Waals surface area contributed by atoms with E-state index in [2.05, 4.69) is 5.32 Å². The van der Waals surface area contributed by atoms with Gasteiger partial charge < -0.3 is 10.1 Å². The molecular weight excluding hydrogens is 202 g/mol. The van der Waals surface area contributed by atoms with E-state index in [0.717, 1.165) is 37.8 Å². The molecule has 2 aliphatic heterocycles. The Balaban J connectivity index is 1.56. The molecule has 4 unspecified atom stereocenters. The molecule has 0 aromatic heterocycles. The summed E-state index contributed by atoms with van der Waals surface area (Å²) in [5.41, 5.74) is 0. The van der Waals surface area contributed by atoms with Gasteiger partial charge in [-0.05, 0) is 37.6 Å². The fourth-order valence-electron chi connectivity index (χ4n) is 3.70. The Labute approximate surface area is 96.9 Å². The minimum atomic E-state index is 0.197. The second-order valence-electron chi connectivity index (χ2n) is 5.60. The molecule has 1 N–H and O–H groups in total. The van der Waals surface area contributed by atoms with Crippen LogP contribution in [0, 0.1) is 17.8 Å². The third-order valence-electron chi connectivity index (χ3n) is 4.68. The van der Waals surface area contributed by atoms with E-state index < -0.39 is 0 Å². The van der Waals surface area contributed by atoms with Gasteiger partial charge in [-0.2, -0.15) is 0 Å². The summed E-state index contributed by atoms with van der Waals surface area (Å²) in [6.45, 7) is 2.59. The van der Waals surface area contributed by atoms with Crippen LogP contribution in [-0.4, -0.2) is 31.6 Å². The minimum absolute atomic E-state index is 0.197. The largest absolute Gasteiger partial charge is 0.381 e. The minimum Gasteiger partial charge on any atom is -0.381 e. The van der Waals surface area contributed by atoms with Crippen LogP contribution in [0.2, 0.25) is 0 Å². The third-order valence-corrected chi connectivity index (χ3v) is 4.68. The summed E-state index contributed by atoms with van der Waals surface area (Å²) < 4.78 is 5.29. The highest BCUT2D eigenvalue weighted by atomic mass is 16.5. The summed E-state index contributed by atoms with van der Waals surface area (Å²) >= 11 is 0. The predicted molar refractivity (Wildman–Crippen MR) is 61.2 cm³/mol. The lowest BCUT2D eigenvalue weighted by Crippen LogP contribution is -2.32. The van der Waals surface area contributed by atoms with Gasteiger partial charge in [0.2, 0.25) is 0 Å². The Hall–Kier alpha value is -0.410. The lowest BCUT2D eigenvalue weighted by Gasteiger charge is -2.18. The first-order valence-electron chi connectivity index (χ1n) is 6.68. The van der Waals surface area contributed by atoms with E-state index in [4.69, 9.17) is 4.74 Å². The molecule has 1 saturated carbocycles. The number of hydrogen-bond acceptors (Lipinski definition) is 3. The molecule has 3 nitrogen and oxygen atoms in total. The maximum absolute atomic E-state index is 12.1. The first kappa shape index (κ1) is 10.7. The van der Waals surface area contributed by atoms with Crippen LogP contribution in [0.15, 0.2) is 0 Å². The Morgan fingerprint density at radius 2 is 2.25 bits per heavy atom. The fourth-order valence-corrected chi connectivity index (χ4v) is 3.70. The third kappa shape index (κ3) is 1.91. The topological polar surface area (TPSA) is 38.3 Å². The van der Waals surface area contributed by atoms with Crippen LogP contribution in [0.5, 0.6) is 0 Å². The van der Waals surface area contributed by atoms with Crippen LogP contribution in [0.1, 0.15) is 32.1 Å². The first-order chi connectivity index (χ1) is 7.84. The van der Waals surface area contributed by atoms with Gasteiger partial charge in [0.1, 0.15) is 5.78 Å². The zero-order chi connectivity index (χ0) is 11.0. The molecule has 0 bridgehead atoms. The zero-order valence-corrected chi connectivity index (χ0v) is 9.78. The van der Waals surface area contributed by atoms with E-state index in [0.29, 0.717) is 18.4 Å². The molecule has 3 fully saturated rings. The molecule has 0 aromatic carbocycles. The molecule has 3 aliphatic rings. The van der Waals surface area contributed by atoms with Gasteiger partial charge in [0.15, 0.2) is 0 Å². The second kappa shape index (κ2) is 4.46. The van der Waals surface area contributed by atoms with Crippen LogP contribution < -0.4 is 5.32 Å². The molecule has 3 rings (SSSR count). The number of rotatable bonds is 3. The molecule has 0 amide bonds. The summed E-state index contributed by atoms with van der Waals surface area (Å²) in [6.07, 6.45) is 5.76. The van der Waals surface area contributed by atoms with Gasteiger partial charge in [-0.3, -0.25) is 4.79 Å². The van der Waals surface area contributed by atoms with Gasteiger partial charge in [0, 0.05) is 25.0 Å². The van der Waals surface area contributed by atoms with E-state index in [1.165, 1.54) is 19.3 Å². The van der Waals surface area contributed by atoms with Crippen molar-refractivity contribution in [1.82, 2.24) is 5.32 Å². The molecule has 3 heteroatoms. The molecule has 0 radical (unpaired) electrons. The highest BCUT2D eigenvalue weighted by molar-refractivity contribution is 5.82. The number of ether oxygens (including phenoxy) is 1. The number of nitrogens with one attached hydrogen (secondary N) is 1. The Bertz CT molecular complexity index is 273. The van der Waals surface area contributed by atoms with Gasteiger partial charge in [-0.15, -0.1) is 0 Å². The highest BCUT2D eigenvalue weighted by Crippen LogP contribution is 2.39. The highest BCUT2D eigenvalue weighted by Gasteiger charge is 2.40. The number of carbonyl (C=O) groups is 1. The predicted octanol–water partition coefficient (Wildman–Crippen LogP) is 1.37. The van der Waals surface area contributed by atoms with Gasteiger partial charge in [0.05, 0.1) is 6.61 Å². The molecular formula is C13H21NO2. The monoisotopic (exact) mass is 223 g/mol. The Kier molecular flexibility index (Phi) is 2.99. The molecule has 16 heavy (non-hydrogen) atoms. The Morgan fingerprint density at radius 3 is 3.06 bits per heavy atom. The molecule has 2 heterocycles. The molecule has 1 aliphatic carbocycles. The number of hydrogen-bond donors (Lipinski definition) is 1. The maximum atomic E-state index is 12.1. The number of ketones is 1. The molecule has 2 saturated heterocycles. The van der Waals surface area contributed by atoms with Crippen molar-refractivity contribution in [1.29, 1.82) is 0 Å². The van der Waals surface area contributed by atoms with E-state index >= 15 is 0 Å². The number of carbonyl (C=O) groups excluding carboxylic acids is 1. The first-order valence-corrected chi connectivity index (χ1v) is 6.68. The summed E-state index contributed by atoms with van der Waals surface area (Å²) in [4.78, 5) is 12.1. The lowest BCUT2D eigenvalue weighted by molar-refractivity contribution is -0.123. The van der Waals surface area contributed by atoms with E-state index in [1.807, 2.05) is 0 Å². The van der Waals surface area contributed by atoms with E-state index in [1.54, 1.807) is 0 Å². The van der Waals surface area contributed by atoms with Crippen LogP contribution >= 0.6 is 0 Å². The van der Waals surface area contributed by atoms with Crippen molar-refractivity contribution >= 4 is 5.78 Å². The van der Waals surface area contributed by atoms with Crippen molar-refractivity contribution in [3.63, 3.8) is 0 Å². The fraction of sp³-hybridized carbons (Fsp3) is 0.923. The summed E-state index contributed by atoms with van der Waals surface area (Å²) in [6, 6.07) is 0.473. The SMILES string of the molecule is O=C(CC1NCC2CCCC21)C1CCOC1. The van der Waals surface area contributed by atoms with Gasteiger partial charge in [-0.25, -0.2) is 0 Å². The van der Waals surface area contributed by atoms with Crippen LogP contribution in [0.3, 0.4) is 0 Å². The van der Waals surface area contributed by atoms with Crippen LogP contribution in [-0.2, 0) is 9.53 Å². The molecule has 90 valence electrons. The average Bonchev–Trinajstić information content (AvgIpc) is 2.94. The average molecular weight is 223 g/mol. The standard InChI is InChI=1S/C13H21NO2/c15-13(10-4-5-16-8-10)6-12-11-3-1-2-9(11)7-14-12/h9-12,14H,1-8H2. The van der Waals surface area contributed by atoms with Gasteiger partial charge in [-0.1, -0.05) is 6.42 Å². The summed E-state index contributed by atoms with van der Waals surface area (Å²) in [5.74, 6) is 2.27. The molecule has 4 atom stereocenters. The number of Topliss-reactive ketones (excluding diaryl/α,β-unsaturated/α-hetero) is 1. The molecule has 0 aromatic rings.